The van der Waals surface area contributed by atoms with E-state index in [1.807, 2.05) is 13.0 Å². The molecule has 0 unspecified atom stereocenters. The number of nitrogen functional groups attached to an aromatic ring is 1. The summed E-state index contributed by atoms with van der Waals surface area (Å²) in [5.41, 5.74) is 7.44. The van der Waals surface area contributed by atoms with Crippen molar-refractivity contribution in [1.82, 2.24) is 0 Å². The second-order valence-corrected chi connectivity index (χ2v) is 7.03. The molecule has 0 radical (unpaired) electrons. The van der Waals surface area contributed by atoms with Gasteiger partial charge in [-0.3, -0.25) is 4.72 Å². The van der Waals surface area contributed by atoms with Gasteiger partial charge in [-0.2, -0.15) is 0 Å². The van der Waals surface area contributed by atoms with Crippen LogP contribution in [0.4, 0.5) is 11.4 Å². The number of anilines is 2. The summed E-state index contributed by atoms with van der Waals surface area (Å²) in [6.45, 7) is 1.88. The highest BCUT2D eigenvalue weighted by Crippen LogP contribution is 2.28. The third-order valence-corrected chi connectivity index (χ3v) is 4.93. The number of aryl methyl sites for hydroxylation is 1. The lowest BCUT2D eigenvalue weighted by Crippen LogP contribution is -2.14. The minimum Gasteiger partial charge on any atom is -0.495 e. The fourth-order valence-corrected chi connectivity index (χ4v) is 3.38. The number of hydrogen-bond donors (Lipinski definition) is 2. The number of rotatable bonds is 4. The van der Waals surface area contributed by atoms with Gasteiger partial charge in [0.15, 0.2) is 0 Å². The first kappa shape index (κ1) is 15.7. The Bertz CT molecular complexity index is 776. The molecule has 2 aromatic rings. The summed E-state index contributed by atoms with van der Waals surface area (Å²) in [5.74, 6) is 0.436. The van der Waals surface area contributed by atoms with E-state index in [0.717, 1.165) is 5.56 Å². The van der Waals surface area contributed by atoms with Crippen LogP contribution >= 0.6 is 15.9 Å². The van der Waals surface area contributed by atoms with Crippen LogP contribution in [0.25, 0.3) is 0 Å². The lowest BCUT2D eigenvalue weighted by Gasteiger charge is -2.12. The van der Waals surface area contributed by atoms with E-state index < -0.39 is 10.0 Å². The number of nitrogens with one attached hydrogen (secondary N) is 1. The van der Waals surface area contributed by atoms with Crippen LogP contribution in [-0.4, -0.2) is 15.5 Å². The second kappa shape index (κ2) is 5.95. The van der Waals surface area contributed by atoms with Gasteiger partial charge in [0.2, 0.25) is 0 Å². The van der Waals surface area contributed by atoms with Crippen molar-refractivity contribution in [3.8, 4) is 5.75 Å². The minimum atomic E-state index is -3.72. The maximum atomic E-state index is 12.4. The summed E-state index contributed by atoms with van der Waals surface area (Å²) in [4.78, 5) is 0.0780. The molecule has 7 heteroatoms. The highest BCUT2D eigenvalue weighted by atomic mass is 79.9. The molecule has 0 spiro atoms. The summed E-state index contributed by atoms with van der Waals surface area (Å²) < 4.78 is 33.0. The van der Waals surface area contributed by atoms with Gasteiger partial charge in [-0.15, -0.1) is 0 Å². The standard InChI is InChI=1S/C14H15BrN2O3S/c1-9-3-5-11(15)13(7-9)17-21(18,19)10-4-6-14(20-2)12(16)8-10/h3-8,17H,16H2,1-2H3. The van der Waals surface area contributed by atoms with Gasteiger partial charge in [0, 0.05) is 4.47 Å². The number of halogens is 1. The zero-order valence-electron chi connectivity index (χ0n) is 11.6. The first-order chi connectivity index (χ1) is 9.83. The van der Waals surface area contributed by atoms with Gasteiger partial charge in [0.05, 0.1) is 23.4 Å². The zero-order chi connectivity index (χ0) is 15.6. The number of hydrogen-bond acceptors (Lipinski definition) is 4. The molecule has 0 amide bonds. The summed E-state index contributed by atoms with van der Waals surface area (Å²) in [6.07, 6.45) is 0. The van der Waals surface area contributed by atoms with Crippen LogP contribution < -0.4 is 15.2 Å². The fraction of sp³-hybridized carbons (Fsp3) is 0.143. The maximum Gasteiger partial charge on any atom is 0.262 e. The molecule has 0 atom stereocenters. The average Bonchev–Trinajstić information content (AvgIpc) is 2.42. The minimum absolute atomic E-state index is 0.0780. The second-order valence-electron chi connectivity index (χ2n) is 4.49. The van der Waals surface area contributed by atoms with Crippen LogP contribution in [0.2, 0.25) is 0 Å². The number of ether oxygens (including phenoxy) is 1. The van der Waals surface area contributed by atoms with Crippen molar-refractivity contribution >= 4 is 37.3 Å². The van der Waals surface area contributed by atoms with Gasteiger partial charge in [0.1, 0.15) is 5.75 Å². The van der Waals surface area contributed by atoms with E-state index in [9.17, 15) is 8.42 Å². The molecular formula is C14H15BrN2O3S. The third-order valence-electron chi connectivity index (χ3n) is 2.88. The fourth-order valence-electron chi connectivity index (χ4n) is 1.80. The van der Waals surface area contributed by atoms with Crippen molar-refractivity contribution in [3.05, 3.63) is 46.4 Å². The van der Waals surface area contributed by atoms with Crippen LogP contribution in [0.3, 0.4) is 0 Å². The van der Waals surface area contributed by atoms with Crippen molar-refractivity contribution in [2.75, 3.05) is 17.6 Å². The molecule has 2 aromatic carbocycles. The van der Waals surface area contributed by atoms with Crippen LogP contribution in [0.5, 0.6) is 5.75 Å². The summed E-state index contributed by atoms with van der Waals surface area (Å²) in [6, 6.07) is 9.75. The van der Waals surface area contributed by atoms with E-state index in [2.05, 4.69) is 20.7 Å². The van der Waals surface area contributed by atoms with Crippen LogP contribution in [0.15, 0.2) is 45.8 Å². The lowest BCUT2D eigenvalue weighted by atomic mass is 10.2. The molecule has 112 valence electrons. The van der Waals surface area contributed by atoms with Crippen LogP contribution in [-0.2, 0) is 10.0 Å². The number of nitrogens with two attached hydrogens (primary N) is 1. The van der Waals surface area contributed by atoms with Crippen LogP contribution in [0, 0.1) is 6.92 Å². The third kappa shape index (κ3) is 3.48. The molecule has 0 heterocycles. The van der Waals surface area contributed by atoms with E-state index in [-0.39, 0.29) is 10.6 Å². The van der Waals surface area contributed by atoms with E-state index in [1.54, 1.807) is 12.1 Å². The van der Waals surface area contributed by atoms with Gasteiger partial charge in [-0.1, -0.05) is 6.07 Å². The van der Waals surface area contributed by atoms with Crippen molar-refractivity contribution in [2.24, 2.45) is 0 Å². The zero-order valence-corrected chi connectivity index (χ0v) is 14.0. The van der Waals surface area contributed by atoms with Crippen molar-refractivity contribution in [1.29, 1.82) is 0 Å². The van der Waals surface area contributed by atoms with E-state index in [0.29, 0.717) is 15.9 Å². The molecule has 0 aromatic heterocycles. The number of sulfonamides is 1. The molecule has 3 N–H and O–H groups in total. The molecule has 0 bridgehead atoms. The Labute approximate surface area is 132 Å². The Hall–Kier alpha value is -1.73. The Morgan fingerprint density at radius 2 is 1.90 bits per heavy atom. The van der Waals surface area contributed by atoms with Crippen molar-refractivity contribution in [3.63, 3.8) is 0 Å². The maximum absolute atomic E-state index is 12.4. The van der Waals surface area contributed by atoms with E-state index in [1.165, 1.54) is 25.3 Å². The Morgan fingerprint density at radius 1 is 1.19 bits per heavy atom. The smallest absolute Gasteiger partial charge is 0.262 e. The molecule has 0 aliphatic rings. The molecule has 5 nitrogen and oxygen atoms in total. The summed E-state index contributed by atoms with van der Waals surface area (Å²) >= 11 is 3.32. The van der Waals surface area contributed by atoms with Crippen molar-refractivity contribution in [2.45, 2.75) is 11.8 Å². The molecule has 0 saturated carbocycles. The summed E-state index contributed by atoms with van der Waals surface area (Å²) in [5, 5.41) is 0. The topological polar surface area (TPSA) is 81.4 Å². The Balaban J connectivity index is 2.38. The molecule has 0 aliphatic carbocycles. The number of methoxy groups -OCH3 is 1. The Kier molecular flexibility index (Phi) is 4.43. The SMILES string of the molecule is COc1ccc(S(=O)(=O)Nc2cc(C)ccc2Br)cc1N. The molecule has 0 aliphatic heterocycles. The first-order valence-corrected chi connectivity index (χ1v) is 8.33. The molecule has 2 rings (SSSR count). The largest absolute Gasteiger partial charge is 0.495 e. The van der Waals surface area contributed by atoms with Gasteiger partial charge < -0.3 is 10.5 Å². The summed E-state index contributed by atoms with van der Waals surface area (Å²) in [7, 11) is -2.24. The molecule has 0 saturated heterocycles. The van der Waals surface area contributed by atoms with Gasteiger partial charge in [-0.25, -0.2) is 8.42 Å². The highest BCUT2D eigenvalue weighted by molar-refractivity contribution is 9.10. The first-order valence-electron chi connectivity index (χ1n) is 6.06. The number of benzene rings is 2. The van der Waals surface area contributed by atoms with Gasteiger partial charge >= 0.3 is 0 Å². The van der Waals surface area contributed by atoms with Crippen LogP contribution in [0.1, 0.15) is 5.56 Å². The predicted molar refractivity (Wildman–Crippen MR) is 87.1 cm³/mol. The normalized spacial score (nSPS) is 11.2. The molecular weight excluding hydrogens is 356 g/mol. The van der Waals surface area contributed by atoms with Gasteiger partial charge in [0.25, 0.3) is 10.0 Å². The predicted octanol–water partition coefficient (Wildman–Crippen LogP) is 3.15. The molecule has 21 heavy (non-hydrogen) atoms. The lowest BCUT2D eigenvalue weighted by molar-refractivity contribution is 0.416. The van der Waals surface area contributed by atoms with Gasteiger partial charge in [-0.05, 0) is 58.7 Å². The van der Waals surface area contributed by atoms with E-state index in [4.69, 9.17) is 10.5 Å². The average molecular weight is 371 g/mol. The highest BCUT2D eigenvalue weighted by Gasteiger charge is 2.17. The molecule has 0 fully saturated rings. The van der Waals surface area contributed by atoms with E-state index >= 15 is 0 Å². The monoisotopic (exact) mass is 370 g/mol. The quantitative estimate of drug-likeness (QED) is 0.809. The Morgan fingerprint density at radius 3 is 2.52 bits per heavy atom. The van der Waals surface area contributed by atoms with Crippen molar-refractivity contribution < 1.29 is 13.2 Å².